The van der Waals surface area contributed by atoms with Gasteiger partial charge in [-0.1, -0.05) is 299 Å². The predicted molar refractivity (Wildman–Crippen MR) is 358 cm³/mol. The molecule has 0 fully saturated rings. The fourth-order valence-corrected chi connectivity index (χ4v) is 12.1. The Bertz CT molecular complexity index is 1750. The van der Waals surface area contributed by atoms with Gasteiger partial charge in [-0.3, -0.25) is 37.3 Å². The Labute approximate surface area is 543 Å². The van der Waals surface area contributed by atoms with Gasteiger partial charge >= 0.3 is 39.5 Å². The largest absolute Gasteiger partial charge is 0.472 e. The summed E-state index contributed by atoms with van der Waals surface area (Å²) in [4.78, 5) is 72.5. The van der Waals surface area contributed by atoms with Gasteiger partial charge in [0.15, 0.2) is 12.2 Å². The average Bonchev–Trinajstić information content (AvgIpc) is 3.64. The van der Waals surface area contributed by atoms with Crippen LogP contribution in [0, 0.1) is 17.8 Å². The number of hydrogen-bond acceptors (Lipinski definition) is 15. The maximum atomic E-state index is 13.0. The highest BCUT2D eigenvalue weighted by molar-refractivity contribution is 7.47. The van der Waals surface area contributed by atoms with Crippen LogP contribution in [-0.4, -0.2) is 96.7 Å². The molecule has 0 saturated carbocycles. The van der Waals surface area contributed by atoms with Crippen molar-refractivity contribution in [3.8, 4) is 0 Å². The molecule has 0 aromatic carbocycles. The molecule has 2 unspecified atom stereocenters. The van der Waals surface area contributed by atoms with E-state index in [2.05, 4.69) is 48.5 Å². The van der Waals surface area contributed by atoms with Crippen molar-refractivity contribution in [2.45, 2.75) is 369 Å². The van der Waals surface area contributed by atoms with Crippen molar-refractivity contribution in [2.75, 3.05) is 39.6 Å². The van der Waals surface area contributed by atoms with E-state index in [-0.39, 0.29) is 25.7 Å². The molecule has 0 heterocycles. The summed E-state index contributed by atoms with van der Waals surface area (Å²) < 4.78 is 68.2. The fourth-order valence-electron chi connectivity index (χ4n) is 10.5. The first kappa shape index (κ1) is 87.1. The lowest BCUT2D eigenvalue weighted by molar-refractivity contribution is -0.161. The van der Waals surface area contributed by atoms with Gasteiger partial charge in [-0.05, 0) is 43.4 Å². The van der Waals surface area contributed by atoms with Gasteiger partial charge in [0, 0.05) is 25.7 Å². The minimum atomic E-state index is -4.95. The summed E-state index contributed by atoms with van der Waals surface area (Å²) in [7, 11) is -9.90. The Balaban J connectivity index is 5.24. The number of rotatable bonds is 68. The van der Waals surface area contributed by atoms with E-state index in [1.165, 1.54) is 154 Å². The highest BCUT2D eigenvalue weighted by Crippen LogP contribution is 2.45. The van der Waals surface area contributed by atoms with Crippen molar-refractivity contribution < 1.29 is 80.2 Å². The Morgan fingerprint density at radius 3 is 0.764 bits per heavy atom. The zero-order valence-corrected chi connectivity index (χ0v) is 59.7. The average molecular weight is 1310 g/mol. The lowest BCUT2D eigenvalue weighted by Gasteiger charge is -2.21. The van der Waals surface area contributed by atoms with Crippen molar-refractivity contribution >= 4 is 39.5 Å². The zero-order valence-electron chi connectivity index (χ0n) is 57.9. The third-order valence-electron chi connectivity index (χ3n) is 16.1. The summed E-state index contributed by atoms with van der Waals surface area (Å²) in [5.41, 5.74) is 0. The number of hydrogen-bond donors (Lipinski definition) is 3. The molecule has 0 radical (unpaired) electrons. The van der Waals surface area contributed by atoms with Crippen LogP contribution in [0.2, 0.25) is 0 Å². The maximum Gasteiger partial charge on any atom is 0.472 e. The number of phosphoric acid groups is 2. The second-order valence-electron chi connectivity index (χ2n) is 26.7. The number of ether oxygens (including phenoxy) is 4. The van der Waals surface area contributed by atoms with Gasteiger partial charge in [0.1, 0.15) is 19.3 Å². The predicted octanol–water partition coefficient (Wildman–Crippen LogP) is 19.8. The van der Waals surface area contributed by atoms with E-state index in [4.69, 9.17) is 37.0 Å². The van der Waals surface area contributed by atoms with E-state index >= 15 is 0 Å². The Morgan fingerprint density at radius 1 is 0.303 bits per heavy atom. The van der Waals surface area contributed by atoms with Gasteiger partial charge in [-0.25, -0.2) is 9.13 Å². The Kier molecular flexibility index (Phi) is 59.6. The highest BCUT2D eigenvalue weighted by atomic mass is 31.2. The first-order valence-electron chi connectivity index (χ1n) is 36.3. The maximum absolute atomic E-state index is 13.0. The molecule has 0 aliphatic carbocycles. The van der Waals surface area contributed by atoms with Crippen LogP contribution in [0.3, 0.4) is 0 Å². The van der Waals surface area contributed by atoms with Crippen molar-refractivity contribution in [2.24, 2.45) is 17.8 Å². The first-order valence-corrected chi connectivity index (χ1v) is 39.3. The number of aliphatic hydroxyl groups excluding tert-OH is 1. The molecular formula is C70H136O17P2. The second kappa shape index (κ2) is 61.0. The monoisotopic (exact) mass is 1310 g/mol. The van der Waals surface area contributed by atoms with Crippen molar-refractivity contribution in [1.82, 2.24) is 0 Å². The van der Waals surface area contributed by atoms with E-state index < -0.39 is 97.5 Å². The summed E-state index contributed by atoms with van der Waals surface area (Å²) in [5, 5.41) is 10.6. The van der Waals surface area contributed by atoms with Crippen LogP contribution < -0.4 is 0 Å². The van der Waals surface area contributed by atoms with Gasteiger partial charge < -0.3 is 33.8 Å². The molecule has 17 nitrogen and oxygen atoms in total. The number of esters is 4. The Hall–Kier alpha value is -1.94. The van der Waals surface area contributed by atoms with Crippen molar-refractivity contribution in [3.05, 3.63) is 0 Å². The van der Waals surface area contributed by atoms with Gasteiger partial charge in [-0.2, -0.15) is 0 Å². The standard InChI is InChI=1S/C70H136O17P2/c1-8-9-10-11-12-13-17-25-30-39-46-53-69(74)87-66(58-81-68(73)52-45-38-33-32-36-43-50-63(6)7)60-85-89(78,79)83-56-64(71)55-82-88(76,77)84-59-65(57-80-67(72)51-44-37-29-24-21-20-23-28-35-42-49-62(4)5)86-70(75)54-47-40-31-26-19-16-14-15-18-22-27-34-41-48-61(2)3/h61-66,71H,8-60H2,1-7H3,(H,76,77)(H,78,79)/t64-,65-,66-/m1/s1. The fraction of sp³-hybridized carbons (Fsp3) is 0.943. The molecule has 89 heavy (non-hydrogen) atoms. The van der Waals surface area contributed by atoms with Crippen LogP contribution in [0.1, 0.15) is 350 Å². The summed E-state index contributed by atoms with van der Waals surface area (Å²) >= 11 is 0. The van der Waals surface area contributed by atoms with Crippen molar-refractivity contribution in [3.63, 3.8) is 0 Å². The van der Waals surface area contributed by atoms with Gasteiger partial charge in [0.05, 0.1) is 26.4 Å². The van der Waals surface area contributed by atoms with E-state index in [1.54, 1.807) is 0 Å². The summed E-state index contributed by atoms with van der Waals surface area (Å²) in [5.74, 6) is 0.0975. The molecule has 0 bridgehead atoms. The lowest BCUT2D eigenvalue weighted by Crippen LogP contribution is -2.30. The molecule has 0 aromatic heterocycles. The van der Waals surface area contributed by atoms with Gasteiger partial charge in [0.25, 0.3) is 0 Å². The molecule has 0 aliphatic heterocycles. The third kappa shape index (κ3) is 64.6. The number of phosphoric ester groups is 2. The topological polar surface area (TPSA) is 237 Å². The minimum absolute atomic E-state index is 0.106. The van der Waals surface area contributed by atoms with Crippen LogP contribution >= 0.6 is 15.6 Å². The molecule has 3 N–H and O–H groups in total. The molecule has 528 valence electrons. The number of aliphatic hydroxyl groups is 1. The summed E-state index contributed by atoms with van der Waals surface area (Å²) in [6, 6.07) is 0. The normalized spacial score (nSPS) is 14.2. The molecular weight excluding hydrogens is 1170 g/mol. The zero-order chi connectivity index (χ0) is 65.9. The van der Waals surface area contributed by atoms with Crippen LogP contribution in [0.15, 0.2) is 0 Å². The summed E-state index contributed by atoms with van der Waals surface area (Å²) in [6.07, 6.45) is 44.5. The highest BCUT2D eigenvalue weighted by Gasteiger charge is 2.30. The molecule has 0 saturated heterocycles. The van der Waals surface area contributed by atoms with E-state index in [9.17, 15) is 43.2 Å². The SMILES string of the molecule is CCCCCCCCCCCCCC(=O)O[C@H](COC(=O)CCCCCCCCC(C)C)COP(=O)(O)OC[C@H](O)COP(=O)(O)OC[C@@H](COC(=O)CCCCCCCCCCCCC(C)C)OC(=O)CCCCCCCCCCCCCCCC(C)C. The summed E-state index contributed by atoms with van der Waals surface area (Å²) in [6.45, 7) is 11.8. The van der Waals surface area contributed by atoms with Crippen LogP contribution in [0.25, 0.3) is 0 Å². The second-order valence-corrected chi connectivity index (χ2v) is 29.6. The van der Waals surface area contributed by atoms with Crippen LogP contribution in [0.5, 0.6) is 0 Å². The molecule has 0 rings (SSSR count). The Morgan fingerprint density at radius 2 is 0.517 bits per heavy atom. The minimum Gasteiger partial charge on any atom is -0.462 e. The van der Waals surface area contributed by atoms with Gasteiger partial charge in [-0.15, -0.1) is 0 Å². The van der Waals surface area contributed by atoms with E-state index in [0.29, 0.717) is 31.6 Å². The third-order valence-corrected chi connectivity index (χ3v) is 18.0. The molecule has 5 atom stereocenters. The number of carbonyl (C=O) groups is 4. The van der Waals surface area contributed by atoms with E-state index in [1.807, 2.05) is 0 Å². The van der Waals surface area contributed by atoms with Crippen LogP contribution in [0.4, 0.5) is 0 Å². The molecule has 0 aromatic rings. The quantitative estimate of drug-likeness (QED) is 0.0222. The van der Waals surface area contributed by atoms with E-state index in [0.717, 1.165) is 108 Å². The first-order chi connectivity index (χ1) is 42.7. The molecule has 0 spiro atoms. The molecule has 0 aliphatic rings. The molecule has 0 amide bonds. The van der Waals surface area contributed by atoms with Crippen molar-refractivity contribution in [1.29, 1.82) is 0 Å². The smallest absolute Gasteiger partial charge is 0.462 e. The number of carbonyl (C=O) groups excluding carboxylic acids is 4. The van der Waals surface area contributed by atoms with Crippen LogP contribution in [-0.2, 0) is 65.4 Å². The molecule has 19 heteroatoms. The number of unbranched alkanes of at least 4 members (excludes halogenated alkanes) is 36. The lowest BCUT2D eigenvalue weighted by atomic mass is 10.0. The van der Waals surface area contributed by atoms with Gasteiger partial charge in [0.2, 0.25) is 0 Å².